The van der Waals surface area contributed by atoms with Crippen LogP contribution in [0.15, 0.2) is 59.3 Å². The van der Waals surface area contributed by atoms with Gasteiger partial charge in [-0.15, -0.1) is 42.0 Å². The fraction of sp³-hybridized carbons (Fsp3) is 0.364. The van der Waals surface area contributed by atoms with E-state index < -0.39 is 0 Å². The van der Waals surface area contributed by atoms with Gasteiger partial charge in [0.05, 0.1) is 0 Å². The van der Waals surface area contributed by atoms with E-state index in [1.165, 1.54) is 47.7 Å². The molecule has 0 nitrogen and oxygen atoms in total. The van der Waals surface area contributed by atoms with Crippen molar-refractivity contribution in [2.45, 2.75) is 79.1 Å². The fourth-order valence-corrected chi connectivity index (χ4v) is 4.66. The number of thiophene rings is 1. The van der Waals surface area contributed by atoms with E-state index in [0.29, 0.717) is 0 Å². The molecule has 3 aromatic rings. The van der Waals surface area contributed by atoms with E-state index in [9.17, 15) is 0 Å². The number of fused-ring (bicyclic) bond motifs is 3. The second kappa shape index (κ2) is 14.4. The second-order valence-corrected chi connectivity index (χ2v) is 14.8. The zero-order valence-electron chi connectivity index (χ0n) is 23.4. The summed E-state index contributed by atoms with van der Waals surface area (Å²) in [5.74, 6) is 0. The SMILES string of the molecule is CC(C)(C)c1c[c-]c2c(c1)-c1cc(C(C)(C)C)ccc1C2.C[C](C)=[Zr+2].Cl.Cl.[C-]1=C(c2ccsc2)C=CC1. The molecule has 0 saturated carbocycles. The zero-order valence-corrected chi connectivity index (χ0v) is 28.3. The Balaban J connectivity index is 0.000000358. The third-order valence-corrected chi connectivity index (χ3v) is 6.74. The summed E-state index contributed by atoms with van der Waals surface area (Å²) in [6.45, 7) is 17.9. The molecule has 196 valence electrons. The topological polar surface area (TPSA) is 0 Å². The normalized spacial score (nSPS) is 13.0. The molecule has 37 heavy (non-hydrogen) atoms. The van der Waals surface area contributed by atoms with Gasteiger partial charge in [0.2, 0.25) is 0 Å². The summed E-state index contributed by atoms with van der Waals surface area (Å²) < 4.78 is 1.51. The average molecular weight is 631 g/mol. The third-order valence-electron chi connectivity index (χ3n) is 6.05. The van der Waals surface area contributed by atoms with Crippen molar-refractivity contribution in [2.24, 2.45) is 0 Å². The monoisotopic (exact) mass is 628 g/mol. The van der Waals surface area contributed by atoms with Crippen molar-refractivity contribution < 1.29 is 24.2 Å². The van der Waals surface area contributed by atoms with Crippen LogP contribution in [0, 0.1) is 12.1 Å². The molecule has 0 fully saturated rings. The standard InChI is InChI=1S/C21H25.C9H7S.C3H6.2ClH.Zr/c1-20(2,3)16-9-7-14-11-15-8-10-17(21(4,5)6)13-19(15)18(14)12-16;1-2-4-8(3-1)9-5-6-10-7-9;1-3-2;;;/h7,9-10,12-13H,11H2,1-6H3;1,3,5-7H,2H2;1-2H3;2*1H;/q2*-1;;;;+2. The van der Waals surface area contributed by atoms with Crippen LogP contribution in [0.3, 0.4) is 0 Å². The molecule has 0 radical (unpaired) electrons. The Morgan fingerprint density at radius 1 is 0.892 bits per heavy atom. The Kier molecular flexibility index (Phi) is 13.2. The molecule has 0 saturated heterocycles. The number of allylic oxidation sites excluding steroid dienone is 4. The van der Waals surface area contributed by atoms with Crippen LogP contribution in [0.5, 0.6) is 0 Å². The number of rotatable bonds is 1. The largest absolute Gasteiger partial charge is 0.197 e. The minimum atomic E-state index is 0. The first-order valence-electron chi connectivity index (χ1n) is 12.4. The van der Waals surface area contributed by atoms with Crippen LogP contribution in [0.1, 0.15) is 89.6 Å². The van der Waals surface area contributed by atoms with Gasteiger partial charge in [-0.3, -0.25) is 0 Å². The van der Waals surface area contributed by atoms with Gasteiger partial charge in [-0.2, -0.15) is 58.4 Å². The van der Waals surface area contributed by atoms with Crippen LogP contribution in [0.25, 0.3) is 16.7 Å². The molecule has 0 atom stereocenters. The maximum atomic E-state index is 3.53. The van der Waals surface area contributed by atoms with Crippen molar-refractivity contribution in [3.63, 3.8) is 0 Å². The molecule has 5 rings (SSSR count). The minimum absolute atomic E-state index is 0. The number of benzene rings is 2. The van der Waals surface area contributed by atoms with Gasteiger partial charge in [-0.1, -0.05) is 94.2 Å². The van der Waals surface area contributed by atoms with E-state index in [1.807, 2.05) is 0 Å². The zero-order chi connectivity index (χ0) is 25.8. The minimum Gasteiger partial charge on any atom is -0.197 e. The fourth-order valence-electron chi connectivity index (χ4n) is 4.01. The Morgan fingerprint density at radius 2 is 1.51 bits per heavy atom. The predicted molar refractivity (Wildman–Crippen MR) is 166 cm³/mol. The van der Waals surface area contributed by atoms with Gasteiger partial charge in [0.1, 0.15) is 0 Å². The molecule has 0 unspecified atom stereocenters. The molecule has 0 bridgehead atoms. The summed E-state index contributed by atoms with van der Waals surface area (Å²) >= 11 is 3.29. The molecule has 0 spiro atoms. The van der Waals surface area contributed by atoms with Crippen molar-refractivity contribution in [3.05, 3.63) is 99.3 Å². The summed E-state index contributed by atoms with van der Waals surface area (Å²) in [7, 11) is 0. The van der Waals surface area contributed by atoms with Crippen molar-refractivity contribution in [3.8, 4) is 11.1 Å². The summed E-state index contributed by atoms with van der Waals surface area (Å²) in [6.07, 6.45) is 9.53. The van der Waals surface area contributed by atoms with Gasteiger partial charge in [-0.05, 0) is 22.8 Å². The first-order valence-corrected chi connectivity index (χ1v) is 14.5. The summed E-state index contributed by atoms with van der Waals surface area (Å²) in [4.78, 5) is 0. The predicted octanol–water partition coefficient (Wildman–Crippen LogP) is 10.1. The molecule has 0 N–H and O–H groups in total. The van der Waals surface area contributed by atoms with Gasteiger partial charge in [0.15, 0.2) is 0 Å². The van der Waals surface area contributed by atoms with Crippen molar-refractivity contribution in [1.29, 1.82) is 0 Å². The molecule has 2 aliphatic rings. The molecule has 1 heterocycles. The van der Waals surface area contributed by atoms with E-state index in [0.717, 1.165) is 12.8 Å². The number of hydrogen-bond donors (Lipinski definition) is 0. The van der Waals surface area contributed by atoms with Gasteiger partial charge in [0, 0.05) is 0 Å². The molecule has 1 aromatic heterocycles. The van der Waals surface area contributed by atoms with Crippen LogP contribution < -0.4 is 0 Å². The summed E-state index contributed by atoms with van der Waals surface area (Å²) in [5, 5.41) is 4.24. The van der Waals surface area contributed by atoms with Crippen LogP contribution in [-0.2, 0) is 41.5 Å². The van der Waals surface area contributed by atoms with E-state index in [-0.39, 0.29) is 35.6 Å². The van der Waals surface area contributed by atoms with E-state index in [4.69, 9.17) is 0 Å². The first kappa shape index (κ1) is 34.0. The van der Waals surface area contributed by atoms with Crippen LogP contribution in [0.2, 0.25) is 0 Å². The molecule has 2 aliphatic carbocycles. The molecular formula is C33H40Cl2SZr. The van der Waals surface area contributed by atoms with E-state index in [1.54, 1.807) is 35.6 Å². The quantitative estimate of drug-likeness (QED) is 0.184. The number of hydrogen-bond acceptors (Lipinski definition) is 1. The van der Waals surface area contributed by atoms with Crippen molar-refractivity contribution in [1.82, 2.24) is 0 Å². The molecule has 4 heteroatoms. The molecular weight excluding hydrogens is 591 g/mol. The van der Waals surface area contributed by atoms with Crippen LogP contribution in [-0.4, -0.2) is 3.21 Å². The van der Waals surface area contributed by atoms with Crippen molar-refractivity contribution in [2.75, 3.05) is 0 Å². The smallest absolute Gasteiger partial charge is 0.0219 e. The van der Waals surface area contributed by atoms with Gasteiger partial charge in [-0.25, -0.2) is 0 Å². The van der Waals surface area contributed by atoms with E-state index >= 15 is 0 Å². The van der Waals surface area contributed by atoms with E-state index in [2.05, 4.69) is 127 Å². The van der Waals surface area contributed by atoms with Crippen molar-refractivity contribution >= 4 is 44.9 Å². The Bertz CT molecular complexity index is 1170. The number of halogens is 2. The summed E-state index contributed by atoms with van der Waals surface area (Å²) in [5.41, 5.74) is 11.3. The first-order chi connectivity index (χ1) is 16.4. The Labute approximate surface area is 256 Å². The molecule has 2 aromatic carbocycles. The Morgan fingerprint density at radius 3 is 2.03 bits per heavy atom. The van der Waals surface area contributed by atoms with Gasteiger partial charge >= 0.3 is 41.3 Å². The van der Waals surface area contributed by atoms with Gasteiger partial charge < -0.3 is 0 Å². The Hall–Kier alpha value is -1.05. The maximum Gasteiger partial charge on any atom is -0.0219 e. The van der Waals surface area contributed by atoms with Gasteiger partial charge in [0.25, 0.3) is 0 Å². The van der Waals surface area contributed by atoms with Crippen LogP contribution in [0.4, 0.5) is 0 Å². The maximum absolute atomic E-state index is 3.53. The second-order valence-electron chi connectivity index (χ2n) is 11.5. The summed E-state index contributed by atoms with van der Waals surface area (Å²) in [6, 6.07) is 17.2. The van der Waals surface area contributed by atoms with Crippen LogP contribution >= 0.6 is 36.2 Å². The molecule has 0 amide bonds. The third kappa shape index (κ3) is 9.58. The molecule has 0 aliphatic heterocycles. The average Bonchev–Trinajstić information content (AvgIpc) is 3.51.